The Labute approximate surface area is 132 Å². The molecule has 0 fully saturated rings. The average Bonchev–Trinajstić information content (AvgIpc) is 2.52. The van der Waals surface area contributed by atoms with E-state index >= 15 is 0 Å². The van der Waals surface area contributed by atoms with Crippen LogP contribution in [-0.2, 0) is 16.0 Å². The zero-order chi connectivity index (χ0) is 16.8. The summed E-state index contributed by atoms with van der Waals surface area (Å²) >= 11 is 0. The molecule has 0 aliphatic carbocycles. The number of hydrogen-bond donors (Lipinski definition) is 1. The Morgan fingerprint density at radius 3 is 2.39 bits per heavy atom. The molecule has 1 amide bonds. The van der Waals surface area contributed by atoms with E-state index in [0.29, 0.717) is 11.8 Å². The van der Waals surface area contributed by atoms with E-state index < -0.39 is 30.1 Å². The van der Waals surface area contributed by atoms with Crippen molar-refractivity contribution in [2.24, 2.45) is 0 Å². The summed E-state index contributed by atoms with van der Waals surface area (Å²) in [5, 5.41) is 2.63. The van der Waals surface area contributed by atoms with Gasteiger partial charge in [-0.15, -0.1) is 0 Å². The summed E-state index contributed by atoms with van der Waals surface area (Å²) in [6.07, 6.45) is 0.735. The van der Waals surface area contributed by atoms with Crippen LogP contribution in [-0.4, -0.2) is 18.5 Å². The second kappa shape index (κ2) is 7.49. The Bertz CT molecular complexity index is 711. The lowest BCUT2D eigenvalue weighted by molar-refractivity contribution is -0.119. The summed E-state index contributed by atoms with van der Waals surface area (Å²) in [7, 11) is 0. The van der Waals surface area contributed by atoms with Crippen molar-refractivity contribution in [3.05, 3.63) is 65.2 Å². The van der Waals surface area contributed by atoms with Crippen LogP contribution < -0.4 is 5.32 Å². The monoisotopic (exact) mass is 319 g/mol. The highest BCUT2D eigenvalue weighted by molar-refractivity contribution is 5.95. The van der Waals surface area contributed by atoms with Crippen molar-refractivity contribution < 1.29 is 23.1 Å². The van der Waals surface area contributed by atoms with E-state index in [0.717, 1.165) is 24.1 Å². The van der Waals surface area contributed by atoms with Gasteiger partial charge in [0.1, 0.15) is 11.6 Å². The number of aryl methyl sites for hydroxylation is 1. The van der Waals surface area contributed by atoms with Gasteiger partial charge in [-0.1, -0.05) is 25.1 Å². The fourth-order valence-electron chi connectivity index (χ4n) is 2.02. The number of para-hydroxylation sites is 1. The first-order valence-corrected chi connectivity index (χ1v) is 7.00. The Morgan fingerprint density at radius 1 is 1.09 bits per heavy atom. The highest BCUT2D eigenvalue weighted by Gasteiger charge is 2.13. The number of halogens is 2. The summed E-state index contributed by atoms with van der Waals surface area (Å²) in [6.45, 7) is 1.40. The first kappa shape index (κ1) is 16.6. The summed E-state index contributed by atoms with van der Waals surface area (Å²) in [5.41, 5.74) is 1.29. The topological polar surface area (TPSA) is 55.4 Å². The molecule has 0 aliphatic rings. The van der Waals surface area contributed by atoms with Gasteiger partial charge >= 0.3 is 5.97 Å². The van der Waals surface area contributed by atoms with Crippen LogP contribution in [0.3, 0.4) is 0 Å². The molecule has 2 rings (SSSR count). The molecule has 1 N–H and O–H groups in total. The first-order valence-electron chi connectivity index (χ1n) is 7.00. The third-order valence-corrected chi connectivity index (χ3v) is 3.10. The second-order valence-electron chi connectivity index (χ2n) is 4.79. The minimum atomic E-state index is -0.970. The maximum atomic E-state index is 13.0. The average molecular weight is 319 g/mol. The number of amides is 1. The van der Waals surface area contributed by atoms with Crippen molar-refractivity contribution in [3.8, 4) is 0 Å². The molecular formula is C17H15F2NO3. The van der Waals surface area contributed by atoms with Gasteiger partial charge < -0.3 is 10.1 Å². The van der Waals surface area contributed by atoms with Crippen molar-refractivity contribution >= 4 is 17.6 Å². The van der Waals surface area contributed by atoms with Gasteiger partial charge in [0, 0.05) is 11.8 Å². The highest BCUT2D eigenvalue weighted by Crippen LogP contribution is 2.15. The number of anilines is 1. The predicted molar refractivity (Wildman–Crippen MR) is 81.1 cm³/mol. The quantitative estimate of drug-likeness (QED) is 0.860. The zero-order valence-electron chi connectivity index (χ0n) is 12.4. The molecule has 0 radical (unpaired) electrons. The van der Waals surface area contributed by atoms with Gasteiger partial charge in [0.15, 0.2) is 6.61 Å². The van der Waals surface area contributed by atoms with Gasteiger partial charge in [0.25, 0.3) is 5.91 Å². The van der Waals surface area contributed by atoms with E-state index in [1.54, 1.807) is 12.1 Å². The molecule has 0 saturated heterocycles. The van der Waals surface area contributed by atoms with E-state index in [9.17, 15) is 18.4 Å². The lowest BCUT2D eigenvalue weighted by Crippen LogP contribution is -2.21. The minimum absolute atomic E-state index is 0.288. The molecule has 0 spiro atoms. The van der Waals surface area contributed by atoms with E-state index in [4.69, 9.17) is 4.74 Å². The van der Waals surface area contributed by atoms with Gasteiger partial charge in [-0.25, -0.2) is 13.6 Å². The molecule has 0 aliphatic heterocycles. The third-order valence-electron chi connectivity index (χ3n) is 3.10. The fraction of sp³-hybridized carbons (Fsp3) is 0.176. The van der Waals surface area contributed by atoms with Gasteiger partial charge in [0.05, 0.1) is 5.56 Å². The van der Waals surface area contributed by atoms with E-state index in [1.165, 1.54) is 0 Å². The molecule has 2 aromatic carbocycles. The van der Waals surface area contributed by atoms with E-state index in [-0.39, 0.29) is 5.56 Å². The van der Waals surface area contributed by atoms with Crippen molar-refractivity contribution in [3.63, 3.8) is 0 Å². The lowest BCUT2D eigenvalue weighted by Gasteiger charge is -2.10. The van der Waals surface area contributed by atoms with Crippen molar-refractivity contribution in [2.75, 3.05) is 11.9 Å². The van der Waals surface area contributed by atoms with E-state index in [2.05, 4.69) is 5.32 Å². The molecule has 23 heavy (non-hydrogen) atoms. The van der Waals surface area contributed by atoms with Crippen LogP contribution in [0, 0.1) is 11.6 Å². The summed E-state index contributed by atoms with van der Waals surface area (Å²) < 4.78 is 30.8. The van der Waals surface area contributed by atoms with Crippen LogP contribution in [0.1, 0.15) is 22.8 Å². The number of hydrogen-bond acceptors (Lipinski definition) is 3. The normalized spacial score (nSPS) is 10.2. The first-order chi connectivity index (χ1) is 11.0. The molecule has 4 nitrogen and oxygen atoms in total. The smallest absolute Gasteiger partial charge is 0.338 e. The molecule has 0 heterocycles. The van der Waals surface area contributed by atoms with Crippen LogP contribution in [0.5, 0.6) is 0 Å². The van der Waals surface area contributed by atoms with Crippen LogP contribution >= 0.6 is 0 Å². The van der Waals surface area contributed by atoms with Gasteiger partial charge in [0.2, 0.25) is 0 Å². The standard InChI is InChI=1S/C17H15F2NO3/c1-2-11-5-3-4-6-15(11)20-16(21)10-23-17(22)12-7-13(18)9-14(19)8-12/h3-9H,2,10H2,1H3,(H,20,21). The number of ether oxygens (including phenoxy) is 1. The summed E-state index contributed by atoms with van der Waals surface area (Å²) in [6, 6.07) is 9.57. The Morgan fingerprint density at radius 2 is 1.74 bits per heavy atom. The number of carbonyl (C=O) groups excluding carboxylic acids is 2. The molecule has 0 saturated carbocycles. The maximum absolute atomic E-state index is 13.0. The van der Waals surface area contributed by atoms with Crippen molar-refractivity contribution in [2.45, 2.75) is 13.3 Å². The number of benzene rings is 2. The molecule has 2 aromatic rings. The number of esters is 1. The number of rotatable bonds is 5. The highest BCUT2D eigenvalue weighted by atomic mass is 19.1. The van der Waals surface area contributed by atoms with Crippen LogP contribution in [0.25, 0.3) is 0 Å². The van der Waals surface area contributed by atoms with Crippen molar-refractivity contribution in [1.29, 1.82) is 0 Å². The molecule has 0 atom stereocenters. The molecule has 0 unspecified atom stereocenters. The minimum Gasteiger partial charge on any atom is -0.452 e. The summed E-state index contributed by atoms with van der Waals surface area (Å²) in [4.78, 5) is 23.5. The largest absolute Gasteiger partial charge is 0.452 e. The van der Waals surface area contributed by atoms with Crippen LogP contribution in [0.4, 0.5) is 14.5 Å². The maximum Gasteiger partial charge on any atom is 0.338 e. The summed E-state index contributed by atoms with van der Waals surface area (Å²) in [5.74, 6) is -3.28. The van der Waals surface area contributed by atoms with E-state index in [1.807, 2.05) is 19.1 Å². The predicted octanol–water partition coefficient (Wildman–Crippen LogP) is 3.32. The van der Waals surface area contributed by atoms with Gasteiger partial charge in [-0.3, -0.25) is 4.79 Å². The lowest BCUT2D eigenvalue weighted by atomic mass is 10.1. The van der Waals surface area contributed by atoms with Crippen LogP contribution in [0.2, 0.25) is 0 Å². The Kier molecular flexibility index (Phi) is 5.41. The number of carbonyl (C=O) groups is 2. The Hall–Kier alpha value is -2.76. The van der Waals surface area contributed by atoms with Gasteiger partial charge in [-0.2, -0.15) is 0 Å². The Balaban J connectivity index is 1.95. The van der Waals surface area contributed by atoms with Crippen LogP contribution in [0.15, 0.2) is 42.5 Å². The molecular weight excluding hydrogens is 304 g/mol. The molecule has 0 bridgehead atoms. The van der Waals surface area contributed by atoms with Gasteiger partial charge in [-0.05, 0) is 30.2 Å². The third kappa shape index (κ3) is 4.60. The molecule has 0 aromatic heterocycles. The molecule has 120 valence electrons. The fourth-order valence-corrected chi connectivity index (χ4v) is 2.02. The second-order valence-corrected chi connectivity index (χ2v) is 4.79. The molecule has 6 heteroatoms. The zero-order valence-corrected chi connectivity index (χ0v) is 12.4. The van der Waals surface area contributed by atoms with Crippen molar-refractivity contribution in [1.82, 2.24) is 0 Å². The number of nitrogens with one attached hydrogen (secondary N) is 1. The SMILES string of the molecule is CCc1ccccc1NC(=O)COC(=O)c1cc(F)cc(F)c1.